The molecule has 156 valence electrons. The van der Waals surface area contributed by atoms with Crippen molar-refractivity contribution in [2.45, 2.75) is 31.8 Å². The number of nitrogens with one attached hydrogen (secondary N) is 1. The minimum absolute atomic E-state index is 0.0638. The highest BCUT2D eigenvalue weighted by Gasteiger charge is 2.38. The van der Waals surface area contributed by atoms with E-state index in [1.54, 1.807) is 25.1 Å². The van der Waals surface area contributed by atoms with Crippen LogP contribution in [0.25, 0.3) is 11.1 Å². The molecular formula is C20H21ClF2N2O3S. The van der Waals surface area contributed by atoms with Crippen molar-refractivity contribution in [3.05, 3.63) is 59.7 Å². The molecule has 0 spiro atoms. The summed E-state index contributed by atoms with van der Waals surface area (Å²) in [7, 11) is -3.45. The molecule has 3 rings (SSSR count). The Balaban J connectivity index is 1.88. The molecule has 0 unspecified atom stereocenters. The average molecular weight is 443 g/mol. The number of likely N-dealkylation sites (tertiary alicyclic amines) is 1. The normalized spacial score (nSPS) is 19.5. The highest BCUT2D eigenvalue weighted by Crippen LogP contribution is 2.27. The number of hydrogen-bond donors (Lipinski definition) is 1. The molecule has 1 amide bonds. The standard InChI is InChI=1S/C20H21ClF2N2O3S/c1-2-29(27,28)24-18-6-7-25(20(21)26)19(18)9-13-4-3-5-14(8-13)15-10-16(22)12-17(23)11-15/h3-5,8,10-12,18-19,24H,2,6-7,9H2,1H3/t18-,19-/m0/s1. The SMILES string of the molecule is CCS(=O)(=O)N[C@H]1CCN(C(=O)Cl)[C@H]1Cc1cccc(-c2cc(F)cc(F)c2)c1. The Morgan fingerprint density at radius 2 is 1.86 bits per heavy atom. The van der Waals surface area contributed by atoms with Crippen LogP contribution in [0.5, 0.6) is 0 Å². The fourth-order valence-corrected chi connectivity index (χ4v) is 4.73. The Hall–Kier alpha value is -2.03. The lowest BCUT2D eigenvalue weighted by molar-refractivity contribution is 0.213. The first-order chi connectivity index (χ1) is 13.7. The van der Waals surface area contributed by atoms with E-state index in [-0.39, 0.29) is 5.75 Å². The zero-order valence-electron chi connectivity index (χ0n) is 15.7. The Labute approximate surface area is 173 Å². The first-order valence-electron chi connectivity index (χ1n) is 9.20. The van der Waals surface area contributed by atoms with E-state index in [2.05, 4.69) is 4.72 Å². The third-order valence-electron chi connectivity index (χ3n) is 5.05. The molecule has 9 heteroatoms. The van der Waals surface area contributed by atoms with Gasteiger partial charge < -0.3 is 4.90 Å². The first-order valence-corrected chi connectivity index (χ1v) is 11.2. The second-order valence-electron chi connectivity index (χ2n) is 6.99. The molecule has 29 heavy (non-hydrogen) atoms. The summed E-state index contributed by atoms with van der Waals surface area (Å²) in [6.45, 7) is 1.89. The minimum atomic E-state index is -3.45. The van der Waals surface area contributed by atoms with Crippen LogP contribution in [0.4, 0.5) is 13.6 Å². The summed E-state index contributed by atoms with van der Waals surface area (Å²) in [5.41, 5.74) is 1.81. The first kappa shape index (κ1) is 21.7. The van der Waals surface area contributed by atoms with Crippen molar-refractivity contribution in [2.75, 3.05) is 12.3 Å². The van der Waals surface area contributed by atoms with E-state index in [1.807, 2.05) is 6.07 Å². The van der Waals surface area contributed by atoms with Crippen molar-refractivity contribution in [1.29, 1.82) is 0 Å². The van der Waals surface area contributed by atoms with E-state index in [9.17, 15) is 22.0 Å². The predicted molar refractivity (Wildman–Crippen MR) is 108 cm³/mol. The van der Waals surface area contributed by atoms with Gasteiger partial charge in [-0.15, -0.1) is 0 Å². The maximum absolute atomic E-state index is 13.6. The third kappa shape index (κ3) is 5.32. The van der Waals surface area contributed by atoms with Crippen molar-refractivity contribution >= 4 is 27.0 Å². The molecule has 1 fully saturated rings. The lowest BCUT2D eigenvalue weighted by Gasteiger charge is -2.27. The van der Waals surface area contributed by atoms with Gasteiger partial charge in [-0.2, -0.15) is 0 Å². The second-order valence-corrected chi connectivity index (χ2v) is 9.36. The molecule has 2 aromatic rings. The molecule has 0 radical (unpaired) electrons. The molecule has 1 N–H and O–H groups in total. The van der Waals surface area contributed by atoms with Gasteiger partial charge in [-0.1, -0.05) is 24.3 Å². The van der Waals surface area contributed by atoms with Gasteiger partial charge in [0.15, 0.2) is 0 Å². The molecule has 1 heterocycles. The number of sulfonamides is 1. The van der Waals surface area contributed by atoms with Crippen LogP contribution >= 0.6 is 11.6 Å². The van der Waals surface area contributed by atoms with E-state index in [0.29, 0.717) is 30.5 Å². The van der Waals surface area contributed by atoms with Gasteiger partial charge >= 0.3 is 5.37 Å². The summed E-state index contributed by atoms with van der Waals surface area (Å²) in [5, 5.41) is -0.642. The van der Waals surface area contributed by atoms with Crippen LogP contribution in [0.1, 0.15) is 18.9 Å². The number of hydrogen-bond acceptors (Lipinski definition) is 3. The van der Waals surface area contributed by atoms with Crippen LogP contribution in [0.15, 0.2) is 42.5 Å². The molecule has 1 saturated heterocycles. The summed E-state index contributed by atoms with van der Waals surface area (Å²) >= 11 is 5.70. The van der Waals surface area contributed by atoms with Gasteiger partial charge in [-0.25, -0.2) is 21.9 Å². The van der Waals surface area contributed by atoms with Crippen LogP contribution in [0, 0.1) is 11.6 Å². The fraction of sp³-hybridized carbons (Fsp3) is 0.350. The van der Waals surface area contributed by atoms with Crippen LogP contribution < -0.4 is 4.72 Å². The average Bonchev–Trinajstić information content (AvgIpc) is 3.03. The summed E-state index contributed by atoms with van der Waals surface area (Å²) in [5.74, 6) is -1.41. The Bertz CT molecular complexity index is 996. The fourth-order valence-electron chi connectivity index (χ4n) is 3.62. The van der Waals surface area contributed by atoms with Crippen LogP contribution in [0.3, 0.4) is 0 Å². The van der Waals surface area contributed by atoms with Crippen LogP contribution in [-0.2, 0) is 16.4 Å². The number of carbonyl (C=O) groups is 1. The molecule has 0 aromatic heterocycles. The van der Waals surface area contributed by atoms with Gasteiger partial charge in [0.05, 0.1) is 11.8 Å². The van der Waals surface area contributed by atoms with Crippen molar-refractivity contribution in [1.82, 2.24) is 9.62 Å². The zero-order valence-corrected chi connectivity index (χ0v) is 17.3. The predicted octanol–water partition coefficient (Wildman–Crippen LogP) is 3.92. The molecule has 0 saturated carbocycles. The van der Waals surface area contributed by atoms with E-state index in [4.69, 9.17) is 11.6 Å². The van der Waals surface area contributed by atoms with Crippen LogP contribution in [-0.4, -0.2) is 43.1 Å². The molecule has 0 bridgehead atoms. The van der Waals surface area contributed by atoms with E-state index in [0.717, 1.165) is 11.6 Å². The zero-order chi connectivity index (χ0) is 21.2. The van der Waals surface area contributed by atoms with Crippen molar-refractivity contribution in [2.24, 2.45) is 0 Å². The van der Waals surface area contributed by atoms with Gasteiger partial charge in [-0.05, 0) is 60.2 Å². The van der Waals surface area contributed by atoms with Gasteiger partial charge in [0, 0.05) is 18.7 Å². The maximum Gasteiger partial charge on any atom is 0.316 e. The molecular weight excluding hydrogens is 422 g/mol. The van der Waals surface area contributed by atoms with Crippen molar-refractivity contribution in [3.8, 4) is 11.1 Å². The maximum atomic E-state index is 13.6. The molecule has 1 aliphatic heterocycles. The number of halogens is 3. The van der Waals surface area contributed by atoms with Gasteiger partial charge in [0.25, 0.3) is 0 Å². The van der Waals surface area contributed by atoms with Crippen LogP contribution in [0.2, 0.25) is 0 Å². The second kappa shape index (κ2) is 8.77. The summed E-state index contributed by atoms with van der Waals surface area (Å²) < 4.78 is 53.8. The monoisotopic (exact) mass is 442 g/mol. The lowest BCUT2D eigenvalue weighted by Crippen LogP contribution is -2.47. The molecule has 5 nitrogen and oxygen atoms in total. The summed E-state index contributed by atoms with van der Waals surface area (Å²) in [4.78, 5) is 13.3. The highest BCUT2D eigenvalue weighted by atomic mass is 35.5. The number of rotatable bonds is 6. The quantitative estimate of drug-likeness (QED) is 0.544. The highest BCUT2D eigenvalue weighted by molar-refractivity contribution is 7.89. The summed E-state index contributed by atoms with van der Waals surface area (Å²) in [6.07, 6.45) is 0.804. The minimum Gasteiger partial charge on any atom is -0.324 e. The molecule has 2 aromatic carbocycles. The molecule has 0 aliphatic carbocycles. The number of benzene rings is 2. The Morgan fingerprint density at radius 3 is 2.48 bits per heavy atom. The summed E-state index contributed by atoms with van der Waals surface area (Å²) in [6, 6.07) is 9.44. The molecule has 2 atom stereocenters. The topological polar surface area (TPSA) is 66.5 Å². The third-order valence-corrected chi connectivity index (χ3v) is 6.69. The Morgan fingerprint density at radius 1 is 1.17 bits per heavy atom. The van der Waals surface area contributed by atoms with Gasteiger partial charge in [0.1, 0.15) is 11.6 Å². The van der Waals surface area contributed by atoms with Crippen molar-refractivity contribution in [3.63, 3.8) is 0 Å². The lowest BCUT2D eigenvalue weighted by atomic mass is 9.97. The van der Waals surface area contributed by atoms with E-state index >= 15 is 0 Å². The van der Waals surface area contributed by atoms with E-state index < -0.39 is 39.1 Å². The molecule has 1 aliphatic rings. The van der Waals surface area contributed by atoms with Crippen molar-refractivity contribution < 1.29 is 22.0 Å². The largest absolute Gasteiger partial charge is 0.324 e. The van der Waals surface area contributed by atoms with Gasteiger partial charge in [0.2, 0.25) is 10.0 Å². The Kier molecular flexibility index (Phi) is 6.55. The van der Waals surface area contributed by atoms with Gasteiger partial charge in [-0.3, -0.25) is 4.79 Å². The van der Waals surface area contributed by atoms with E-state index in [1.165, 1.54) is 17.0 Å². The number of nitrogens with zero attached hydrogens (tertiary/aromatic N) is 1. The smallest absolute Gasteiger partial charge is 0.316 e. The number of carbonyl (C=O) groups excluding carboxylic acids is 1. The number of amides is 1.